The van der Waals surface area contributed by atoms with E-state index in [9.17, 15) is 4.79 Å². The van der Waals surface area contributed by atoms with E-state index < -0.39 is 0 Å². The van der Waals surface area contributed by atoms with Crippen molar-refractivity contribution in [2.75, 3.05) is 13.2 Å². The molecular weight excluding hydrogens is 214 g/mol. The fraction of sp³-hybridized carbons (Fsp3) is 0.364. The Labute approximate surface area is 94.1 Å². The highest BCUT2D eigenvalue weighted by Crippen LogP contribution is 2.09. The molecule has 4 heteroatoms. The van der Waals surface area contributed by atoms with E-state index in [1.807, 2.05) is 24.3 Å². The summed E-state index contributed by atoms with van der Waals surface area (Å²) < 4.78 is 0. The fourth-order valence-corrected chi connectivity index (χ4v) is 1.31. The monoisotopic (exact) mass is 227 g/mol. The first kappa shape index (κ1) is 12.0. The zero-order valence-electron chi connectivity index (χ0n) is 8.37. The number of aliphatic hydroxyl groups excluding tert-OH is 1. The van der Waals surface area contributed by atoms with Gasteiger partial charge in [0.15, 0.2) is 0 Å². The average Bonchev–Trinajstić information content (AvgIpc) is 2.21. The molecule has 0 unspecified atom stereocenters. The molecule has 0 aliphatic carbocycles. The van der Waals surface area contributed by atoms with E-state index >= 15 is 0 Å². The van der Waals surface area contributed by atoms with Gasteiger partial charge < -0.3 is 10.4 Å². The molecule has 0 atom stereocenters. The molecule has 2 N–H and O–H groups in total. The number of carbonyl (C=O) groups excluding carboxylic acids is 1. The molecule has 0 saturated heterocycles. The quantitative estimate of drug-likeness (QED) is 0.799. The SMILES string of the molecule is O=C(CCO)NCCc1ccc(Cl)cc1. The molecule has 1 amide bonds. The summed E-state index contributed by atoms with van der Waals surface area (Å²) in [5.41, 5.74) is 1.13. The van der Waals surface area contributed by atoms with E-state index in [4.69, 9.17) is 16.7 Å². The summed E-state index contributed by atoms with van der Waals surface area (Å²) in [6, 6.07) is 7.51. The van der Waals surface area contributed by atoms with Gasteiger partial charge in [-0.25, -0.2) is 0 Å². The van der Waals surface area contributed by atoms with Crippen LogP contribution in [-0.2, 0) is 11.2 Å². The Bertz CT molecular complexity index is 311. The highest BCUT2D eigenvalue weighted by molar-refractivity contribution is 6.30. The van der Waals surface area contributed by atoms with Crippen molar-refractivity contribution in [3.63, 3.8) is 0 Å². The van der Waals surface area contributed by atoms with Gasteiger partial charge in [-0.2, -0.15) is 0 Å². The van der Waals surface area contributed by atoms with Crippen molar-refractivity contribution in [1.82, 2.24) is 5.32 Å². The lowest BCUT2D eigenvalue weighted by molar-refractivity contribution is -0.121. The van der Waals surface area contributed by atoms with Gasteiger partial charge in [0, 0.05) is 18.0 Å². The zero-order chi connectivity index (χ0) is 11.1. The maximum absolute atomic E-state index is 11.0. The van der Waals surface area contributed by atoms with Gasteiger partial charge in [0.25, 0.3) is 0 Å². The third-order valence-corrected chi connectivity index (χ3v) is 2.24. The lowest BCUT2D eigenvalue weighted by Gasteiger charge is -2.04. The molecule has 3 nitrogen and oxygen atoms in total. The first-order valence-electron chi connectivity index (χ1n) is 4.84. The second-order valence-corrected chi connectivity index (χ2v) is 3.64. The number of amides is 1. The second kappa shape index (κ2) is 6.43. The third kappa shape index (κ3) is 4.81. The molecule has 0 aliphatic heterocycles. The molecule has 1 aromatic carbocycles. The zero-order valence-corrected chi connectivity index (χ0v) is 9.13. The van der Waals surface area contributed by atoms with Crippen LogP contribution in [-0.4, -0.2) is 24.2 Å². The molecule has 1 rings (SSSR count). The van der Waals surface area contributed by atoms with E-state index in [0.29, 0.717) is 11.6 Å². The van der Waals surface area contributed by atoms with E-state index in [1.165, 1.54) is 0 Å². The van der Waals surface area contributed by atoms with Crippen LogP contribution in [0.1, 0.15) is 12.0 Å². The van der Waals surface area contributed by atoms with Gasteiger partial charge in [0.1, 0.15) is 0 Å². The number of benzene rings is 1. The number of hydrogen-bond acceptors (Lipinski definition) is 2. The Morgan fingerprint density at radius 3 is 2.60 bits per heavy atom. The minimum absolute atomic E-state index is 0.104. The number of carbonyl (C=O) groups is 1. The first-order valence-corrected chi connectivity index (χ1v) is 5.22. The van der Waals surface area contributed by atoms with Crippen LogP contribution in [0.5, 0.6) is 0 Å². The summed E-state index contributed by atoms with van der Waals surface area (Å²) >= 11 is 5.74. The molecule has 0 bridgehead atoms. The minimum atomic E-state index is -0.119. The first-order chi connectivity index (χ1) is 7.22. The van der Waals surface area contributed by atoms with Crippen LogP contribution >= 0.6 is 11.6 Å². The smallest absolute Gasteiger partial charge is 0.222 e. The lowest BCUT2D eigenvalue weighted by Crippen LogP contribution is -2.26. The maximum Gasteiger partial charge on any atom is 0.222 e. The topological polar surface area (TPSA) is 49.3 Å². The van der Waals surface area contributed by atoms with Gasteiger partial charge in [0.2, 0.25) is 5.91 Å². The summed E-state index contributed by atoms with van der Waals surface area (Å²) in [6.45, 7) is 0.479. The van der Waals surface area contributed by atoms with Gasteiger partial charge >= 0.3 is 0 Å². The average molecular weight is 228 g/mol. The Kier molecular flexibility index (Phi) is 5.15. The van der Waals surface area contributed by atoms with Gasteiger partial charge in [-0.3, -0.25) is 4.79 Å². The molecular formula is C11H14ClNO2. The number of halogens is 1. The van der Waals surface area contributed by atoms with E-state index in [2.05, 4.69) is 5.32 Å². The Hall–Kier alpha value is -1.06. The Balaban J connectivity index is 2.26. The molecule has 15 heavy (non-hydrogen) atoms. The molecule has 0 saturated carbocycles. The van der Waals surface area contributed by atoms with Crippen LogP contribution in [0, 0.1) is 0 Å². The predicted octanol–water partition coefficient (Wildman–Crippen LogP) is 1.38. The van der Waals surface area contributed by atoms with Crippen LogP contribution < -0.4 is 5.32 Å². The van der Waals surface area contributed by atoms with Gasteiger partial charge in [0.05, 0.1) is 6.61 Å². The van der Waals surface area contributed by atoms with Crippen molar-refractivity contribution < 1.29 is 9.90 Å². The standard InChI is InChI=1S/C11H14ClNO2/c12-10-3-1-9(2-4-10)5-7-13-11(15)6-8-14/h1-4,14H,5-8H2,(H,13,15). The fourth-order valence-electron chi connectivity index (χ4n) is 1.19. The van der Waals surface area contributed by atoms with Crippen molar-refractivity contribution in [2.45, 2.75) is 12.8 Å². The second-order valence-electron chi connectivity index (χ2n) is 3.20. The van der Waals surface area contributed by atoms with E-state index in [-0.39, 0.29) is 18.9 Å². The lowest BCUT2D eigenvalue weighted by atomic mass is 10.1. The largest absolute Gasteiger partial charge is 0.396 e. The maximum atomic E-state index is 11.0. The summed E-state index contributed by atoms with van der Waals surface area (Å²) in [6.07, 6.45) is 0.939. The third-order valence-electron chi connectivity index (χ3n) is 1.99. The molecule has 82 valence electrons. The van der Waals surface area contributed by atoms with Crippen LogP contribution in [0.4, 0.5) is 0 Å². The Morgan fingerprint density at radius 1 is 1.33 bits per heavy atom. The van der Waals surface area contributed by atoms with Crippen molar-refractivity contribution in [3.8, 4) is 0 Å². The Morgan fingerprint density at radius 2 is 2.00 bits per heavy atom. The highest BCUT2D eigenvalue weighted by atomic mass is 35.5. The molecule has 0 fully saturated rings. The molecule has 1 aromatic rings. The van der Waals surface area contributed by atoms with Crippen molar-refractivity contribution in [2.24, 2.45) is 0 Å². The van der Waals surface area contributed by atoms with E-state index in [0.717, 1.165) is 12.0 Å². The number of nitrogens with one attached hydrogen (secondary N) is 1. The molecule has 0 aromatic heterocycles. The summed E-state index contributed by atoms with van der Waals surface area (Å²) in [5.74, 6) is -0.119. The summed E-state index contributed by atoms with van der Waals surface area (Å²) in [4.78, 5) is 11.0. The van der Waals surface area contributed by atoms with Crippen molar-refractivity contribution in [1.29, 1.82) is 0 Å². The predicted molar refractivity (Wildman–Crippen MR) is 59.9 cm³/mol. The van der Waals surface area contributed by atoms with Crippen LogP contribution in [0.15, 0.2) is 24.3 Å². The molecule has 0 aliphatic rings. The van der Waals surface area contributed by atoms with Gasteiger partial charge in [-0.05, 0) is 24.1 Å². The normalized spacial score (nSPS) is 10.0. The minimum Gasteiger partial charge on any atom is -0.396 e. The highest BCUT2D eigenvalue weighted by Gasteiger charge is 1.99. The van der Waals surface area contributed by atoms with E-state index in [1.54, 1.807) is 0 Å². The number of aliphatic hydroxyl groups is 1. The molecule has 0 heterocycles. The van der Waals surface area contributed by atoms with Gasteiger partial charge in [-0.1, -0.05) is 23.7 Å². The van der Waals surface area contributed by atoms with Crippen LogP contribution in [0.2, 0.25) is 5.02 Å². The number of rotatable bonds is 5. The summed E-state index contributed by atoms with van der Waals surface area (Å²) in [5, 5.41) is 11.9. The van der Waals surface area contributed by atoms with Crippen molar-refractivity contribution in [3.05, 3.63) is 34.9 Å². The van der Waals surface area contributed by atoms with Crippen molar-refractivity contribution >= 4 is 17.5 Å². The van der Waals surface area contributed by atoms with Crippen LogP contribution in [0.3, 0.4) is 0 Å². The molecule has 0 radical (unpaired) electrons. The number of hydrogen-bond donors (Lipinski definition) is 2. The molecule has 0 spiro atoms. The van der Waals surface area contributed by atoms with Gasteiger partial charge in [-0.15, -0.1) is 0 Å². The van der Waals surface area contributed by atoms with Crippen LogP contribution in [0.25, 0.3) is 0 Å². The summed E-state index contributed by atoms with van der Waals surface area (Å²) in [7, 11) is 0.